The maximum atomic E-state index is 12.5. The van der Waals surface area contributed by atoms with Crippen LogP contribution in [0.2, 0.25) is 0 Å². The van der Waals surface area contributed by atoms with E-state index in [1.165, 1.54) is 0 Å². The molecule has 0 amide bonds. The van der Waals surface area contributed by atoms with Crippen LogP contribution in [0.1, 0.15) is 27.7 Å². The molecule has 22 heavy (non-hydrogen) atoms. The van der Waals surface area contributed by atoms with Crippen molar-refractivity contribution >= 4 is 37.4 Å². The van der Waals surface area contributed by atoms with Crippen LogP contribution in [-0.4, -0.2) is 9.38 Å². The minimum absolute atomic E-state index is 0.00745. The van der Waals surface area contributed by atoms with Gasteiger partial charge in [0.1, 0.15) is 0 Å². The predicted octanol–water partition coefficient (Wildman–Crippen LogP) is 5.11. The summed E-state index contributed by atoms with van der Waals surface area (Å²) in [6.07, 6.45) is 0. The Morgan fingerprint density at radius 1 is 0.909 bits per heavy atom. The first kappa shape index (κ1) is 16.2. The lowest BCUT2D eigenvalue weighted by atomic mass is 10.2. The van der Waals surface area contributed by atoms with Crippen LogP contribution in [0, 0.1) is 0 Å². The van der Waals surface area contributed by atoms with Gasteiger partial charge in [-0.1, -0.05) is 63.3 Å². The van der Waals surface area contributed by atoms with E-state index in [0.717, 1.165) is 20.7 Å². The predicted molar refractivity (Wildman–Crippen MR) is 97.0 cm³/mol. The van der Waals surface area contributed by atoms with E-state index in [-0.39, 0.29) is 5.56 Å². The highest BCUT2D eigenvalue weighted by molar-refractivity contribution is 7.23. The number of fused-ring (bicyclic) bond motifs is 4. The number of hydrogen-bond donors (Lipinski definition) is 0. The molecule has 114 valence electrons. The molecule has 0 aliphatic carbocycles. The van der Waals surface area contributed by atoms with Crippen molar-refractivity contribution in [2.24, 2.45) is 0 Å². The smallest absolute Gasteiger partial charge is 0.266 e. The van der Waals surface area contributed by atoms with Crippen molar-refractivity contribution in [3.05, 3.63) is 58.9 Å². The summed E-state index contributed by atoms with van der Waals surface area (Å²) < 4.78 is 2.78. The van der Waals surface area contributed by atoms with E-state index in [0.29, 0.717) is 5.39 Å². The molecule has 0 radical (unpaired) electrons. The highest BCUT2D eigenvalue weighted by Crippen LogP contribution is 2.24. The zero-order valence-electron chi connectivity index (χ0n) is 13.3. The van der Waals surface area contributed by atoms with Crippen molar-refractivity contribution in [1.29, 1.82) is 0 Å². The second-order valence-electron chi connectivity index (χ2n) is 4.12. The Kier molecular flexibility index (Phi) is 5.28. The fraction of sp³-hybridized carbons (Fsp3) is 0.222. The number of benzene rings is 2. The lowest BCUT2D eigenvalue weighted by molar-refractivity contribution is 1.16. The van der Waals surface area contributed by atoms with E-state index in [1.807, 2.05) is 76.2 Å². The first-order valence-corrected chi connectivity index (χ1v) is 8.45. The molecule has 0 saturated heterocycles. The Bertz CT molecular complexity index is 953. The molecule has 4 heteroatoms. The summed E-state index contributed by atoms with van der Waals surface area (Å²) in [5.74, 6) is 0. The number of rotatable bonds is 0. The molecule has 0 N–H and O–H groups in total. The Labute approximate surface area is 133 Å². The number of thiazole rings is 1. The van der Waals surface area contributed by atoms with Gasteiger partial charge < -0.3 is 0 Å². The van der Waals surface area contributed by atoms with Crippen molar-refractivity contribution in [3.8, 4) is 0 Å². The molecule has 0 unspecified atom stereocenters. The first-order valence-electron chi connectivity index (χ1n) is 7.64. The Morgan fingerprint density at radius 2 is 1.55 bits per heavy atom. The molecule has 0 saturated carbocycles. The minimum atomic E-state index is 0.00745. The molecule has 4 aromatic rings. The third kappa shape index (κ3) is 2.62. The van der Waals surface area contributed by atoms with Crippen molar-refractivity contribution in [1.82, 2.24) is 9.38 Å². The van der Waals surface area contributed by atoms with Gasteiger partial charge in [-0.05, 0) is 24.3 Å². The maximum absolute atomic E-state index is 12.5. The topological polar surface area (TPSA) is 34.4 Å². The zero-order valence-corrected chi connectivity index (χ0v) is 14.1. The summed E-state index contributed by atoms with van der Waals surface area (Å²) >= 11 is 1.54. The van der Waals surface area contributed by atoms with Gasteiger partial charge in [-0.25, -0.2) is 4.98 Å². The fourth-order valence-electron chi connectivity index (χ4n) is 2.22. The van der Waals surface area contributed by atoms with E-state index >= 15 is 0 Å². The first-order chi connectivity index (χ1) is 10.8. The fourth-order valence-corrected chi connectivity index (χ4v) is 3.24. The second-order valence-corrected chi connectivity index (χ2v) is 5.13. The van der Waals surface area contributed by atoms with Crippen LogP contribution in [0.4, 0.5) is 0 Å². The van der Waals surface area contributed by atoms with Gasteiger partial charge in [0.25, 0.3) is 5.56 Å². The molecule has 2 heterocycles. The average molecular weight is 312 g/mol. The Hall–Kier alpha value is -2.20. The van der Waals surface area contributed by atoms with Gasteiger partial charge in [-0.3, -0.25) is 9.20 Å². The quantitative estimate of drug-likeness (QED) is 0.452. The molecule has 4 rings (SSSR count). The molecule has 0 aliphatic rings. The van der Waals surface area contributed by atoms with Crippen LogP contribution in [0.25, 0.3) is 26.1 Å². The number of aromatic nitrogens is 2. The number of para-hydroxylation sites is 2. The van der Waals surface area contributed by atoms with Crippen LogP contribution < -0.4 is 5.56 Å². The van der Waals surface area contributed by atoms with Gasteiger partial charge in [-0.2, -0.15) is 0 Å². The van der Waals surface area contributed by atoms with Crippen LogP contribution in [0.5, 0.6) is 0 Å². The van der Waals surface area contributed by atoms with Gasteiger partial charge in [0, 0.05) is 0 Å². The normalized spacial score (nSPS) is 10.0. The van der Waals surface area contributed by atoms with E-state index < -0.39 is 0 Å². The third-order valence-corrected chi connectivity index (χ3v) is 4.07. The molecular formula is C18H20N2OS. The molecular weight excluding hydrogens is 292 g/mol. The Morgan fingerprint density at radius 3 is 2.32 bits per heavy atom. The summed E-state index contributed by atoms with van der Waals surface area (Å²) in [5.41, 5.74) is 1.70. The monoisotopic (exact) mass is 312 g/mol. The largest absolute Gasteiger partial charge is 0.268 e. The molecule has 0 aliphatic heterocycles. The number of hydrogen-bond acceptors (Lipinski definition) is 3. The van der Waals surface area contributed by atoms with Crippen molar-refractivity contribution < 1.29 is 0 Å². The molecule has 3 nitrogen and oxygen atoms in total. The summed E-state index contributed by atoms with van der Waals surface area (Å²) in [4.78, 5) is 17.8. The van der Waals surface area contributed by atoms with Gasteiger partial charge in [0.2, 0.25) is 0 Å². The molecule has 2 aromatic heterocycles. The van der Waals surface area contributed by atoms with Gasteiger partial charge in [0.05, 0.1) is 21.1 Å². The van der Waals surface area contributed by atoms with E-state index in [9.17, 15) is 4.79 Å². The summed E-state index contributed by atoms with van der Waals surface area (Å²) in [6.45, 7) is 8.00. The maximum Gasteiger partial charge on any atom is 0.266 e. The molecule has 0 fully saturated rings. The van der Waals surface area contributed by atoms with Crippen molar-refractivity contribution in [2.45, 2.75) is 27.7 Å². The van der Waals surface area contributed by atoms with Gasteiger partial charge in [0.15, 0.2) is 4.96 Å². The lowest BCUT2D eigenvalue weighted by Gasteiger charge is -1.98. The highest BCUT2D eigenvalue weighted by atomic mass is 32.1. The van der Waals surface area contributed by atoms with Crippen molar-refractivity contribution in [2.75, 3.05) is 0 Å². The van der Waals surface area contributed by atoms with Gasteiger partial charge in [-0.15, -0.1) is 0 Å². The summed E-state index contributed by atoms with van der Waals surface area (Å²) in [6, 6.07) is 15.4. The second kappa shape index (κ2) is 7.18. The molecule has 0 spiro atoms. The third-order valence-electron chi connectivity index (χ3n) is 3.05. The molecule has 0 atom stereocenters. The average Bonchev–Trinajstić information content (AvgIpc) is 2.97. The van der Waals surface area contributed by atoms with Crippen molar-refractivity contribution in [3.63, 3.8) is 0 Å². The highest BCUT2D eigenvalue weighted by Gasteiger charge is 2.10. The van der Waals surface area contributed by atoms with Crippen LogP contribution in [0.3, 0.4) is 0 Å². The SMILES string of the molecule is CC.CC.O=c1c2ccccc2nc2sc3ccccc3n12. The van der Waals surface area contributed by atoms with E-state index in [1.54, 1.807) is 15.7 Å². The Balaban J connectivity index is 0.000000410. The standard InChI is InChI=1S/C14H8N2OS.2C2H6/c17-13-9-5-1-2-6-10(9)15-14-16(13)11-7-3-4-8-12(11)18-14;2*1-2/h1-8H;2*1-2H3. The lowest BCUT2D eigenvalue weighted by Crippen LogP contribution is -2.13. The van der Waals surface area contributed by atoms with Crippen LogP contribution in [0.15, 0.2) is 53.3 Å². The van der Waals surface area contributed by atoms with E-state index in [4.69, 9.17) is 0 Å². The molecule has 0 bridgehead atoms. The summed E-state index contributed by atoms with van der Waals surface area (Å²) in [7, 11) is 0. The van der Waals surface area contributed by atoms with Crippen LogP contribution >= 0.6 is 11.3 Å². The minimum Gasteiger partial charge on any atom is -0.268 e. The zero-order chi connectivity index (χ0) is 16.1. The van der Waals surface area contributed by atoms with E-state index in [2.05, 4.69) is 4.98 Å². The number of nitrogens with zero attached hydrogens (tertiary/aromatic N) is 2. The van der Waals surface area contributed by atoms with Crippen LogP contribution in [-0.2, 0) is 0 Å². The molecule has 2 aromatic carbocycles. The summed E-state index contributed by atoms with van der Waals surface area (Å²) in [5, 5.41) is 0.665. The van der Waals surface area contributed by atoms with Gasteiger partial charge >= 0.3 is 0 Å².